The highest BCUT2D eigenvalue weighted by molar-refractivity contribution is 7.09. The number of nitrogens with two attached hydrogens (primary N) is 1. The summed E-state index contributed by atoms with van der Waals surface area (Å²) in [6.07, 6.45) is 0.322. The van der Waals surface area contributed by atoms with E-state index in [2.05, 4.69) is 4.98 Å². The van der Waals surface area contributed by atoms with E-state index in [1.165, 1.54) is 0 Å². The number of anilines is 1. The fourth-order valence-corrected chi connectivity index (χ4v) is 2.66. The minimum Gasteiger partial charge on any atom is -0.491 e. The highest BCUT2D eigenvalue weighted by Gasteiger charge is 2.12. The minimum atomic E-state index is 0.0392. The van der Waals surface area contributed by atoms with E-state index in [4.69, 9.17) is 10.5 Å². The average molecular weight is 305 g/mol. The maximum atomic E-state index is 12.1. The molecule has 0 saturated carbocycles. The smallest absolute Gasteiger partial charge is 0.226 e. The quantitative estimate of drug-likeness (QED) is 0.832. The molecule has 2 aromatic rings. The lowest BCUT2D eigenvalue weighted by molar-refractivity contribution is -0.130. The molecule has 2 rings (SSSR count). The number of nitrogens with zero attached hydrogens (tertiary/aromatic N) is 2. The van der Waals surface area contributed by atoms with E-state index in [1.807, 2.05) is 19.1 Å². The number of hydrogen-bond donors (Lipinski definition) is 1. The Bertz CT molecular complexity index is 612. The van der Waals surface area contributed by atoms with E-state index in [-0.39, 0.29) is 5.91 Å². The number of hydrogen-bond acceptors (Lipinski definition) is 5. The van der Waals surface area contributed by atoms with Crippen LogP contribution in [-0.2, 0) is 11.3 Å². The summed E-state index contributed by atoms with van der Waals surface area (Å²) in [6.45, 7) is 2.85. The summed E-state index contributed by atoms with van der Waals surface area (Å²) in [5.74, 6) is 0.656. The van der Waals surface area contributed by atoms with E-state index >= 15 is 0 Å². The van der Waals surface area contributed by atoms with Crippen molar-refractivity contribution >= 4 is 22.9 Å². The number of ether oxygens (including phenoxy) is 1. The summed E-state index contributed by atoms with van der Waals surface area (Å²) in [4.78, 5) is 19.0. The van der Waals surface area contributed by atoms with Crippen LogP contribution in [0.3, 0.4) is 0 Å². The number of nitrogen functional groups attached to an aromatic ring is 1. The molecule has 112 valence electrons. The molecule has 0 unspecified atom stereocenters. The summed E-state index contributed by atoms with van der Waals surface area (Å²) in [5.41, 5.74) is 9.14. The van der Waals surface area contributed by atoms with Crippen LogP contribution in [0.5, 0.6) is 5.75 Å². The van der Waals surface area contributed by atoms with Crippen molar-refractivity contribution in [1.29, 1.82) is 0 Å². The second kappa shape index (κ2) is 7.08. The van der Waals surface area contributed by atoms with Crippen LogP contribution in [0.2, 0.25) is 0 Å². The number of aromatic nitrogens is 1. The molecule has 0 aliphatic rings. The molecule has 0 saturated heterocycles. The van der Waals surface area contributed by atoms with E-state index in [0.717, 1.165) is 10.6 Å². The first-order chi connectivity index (χ1) is 10.1. The molecule has 1 amide bonds. The summed E-state index contributed by atoms with van der Waals surface area (Å²) >= 11 is 1.57. The Kier molecular flexibility index (Phi) is 5.16. The fraction of sp³-hybridized carbons (Fsp3) is 0.333. The zero-order chi connectivity index (χ0) is 15.2. The molecule has 1 heterocycles. The van der Waals surface area contributed by atoms with Crippen LogP contribution in [0.15, 0.2) is 29.8 Å². The Balaban J connectivity index is 1.79. The molecule has 1 aromatic heterocycles. The molecular formula is C15H19N3O2S. The molecular weight excluding hydrogens is 286 g/mol. The van der Waals surface area contributed by atoms with Crippen LogP contribution in [0.4, 0.5) is 5.69 Å². The molecule has 5 nitrogen and oxygen atoms in total. The number of amides is 1. The molecule has 0 radical (unpaired) electrons. The number of thiazole rings is 1. The third kappa shape index (κ3) is 4.19. The van der Waals surface area contributed by atoms with Crippen molar-refractivity contribution in [3.8, 4) is 5.75 Å². The van der Waals surface area contributed by atoms with E-state index < -0.39 is 0 Å². The molecule has 0 spiro atoms. The van der Waals surface area contributed by atoms with Crippen LogP contribution in [0, 0.1) is 6.92 Å². The topological polar surface area (TPSA) is 68.5 Å². The van der Waals surface area contributed by atoms with Gasteiger partial charge in [0.1, 0.15) is 5.75 Å². The Hall–Kier alpha value is -2.08. The zero-order valence-corrected chi connectivity index (χ0v) is 13.0. The molecule has 6 heteroatoms. The van der Waals surface area contributed by atoms with Gasteiger partial charge in [0.2, 0.25) is 5.91 Å². The van der Waals surface area contributed by atoms with Crippen molar-refractivity contribution in [1.82, 2.24) is 9.88 Å². The van der Waals surface area contributed by atoms with Crippen LogP contribution in [-0.4, -0.2) is 29.4 Å². The van der Waals surface area contributed by atoms with Crippen molar-refractivity contribution in [3.05, 3.63) is 40.3 Å². The van der Waals surface area contributed by atoms with Crippen molar-refractivity contribution < 1.29 is 9.53 Å². The Morgan fingerprint density at radius 1 is 1.43 bits per heavy atom. The standard InChI is InChI=1S/C15H19N3O2S/c1-11-14(21-10-17-11)9-18(2)15(19)7-8-20-13-6-4-3-5-12(13)16/h3-6,10H,7-9,16H2,1-2H3. The first kappa shape index (κ1) is 15.3. The van der Waals surface area contributed by atoms with Gasteiger partial charge in [-0.3, -0.25) is 4.79 Å². The van der Waals surface area contributed by atoms with Gasteiger partial charge in [0.15, 0.2) is 0 Å². The van der Waals surface area contributed by atoms with Gasteiger partial charge in [0, 0.05) is 11.9 Å². The Morgan fingerprint density at radius 2 is 2.19 bits per heavy atom. The van der Waals surface area contributed by atoms with E-state index in [0.29, 0.717) is 31.0 Å². The molecule has 0 aliphatic carbocycles. The SMILES string of the molecule is Cc1ncsc1CN(C)C(=O)CCOc1ccccc1N. The first-order valence-corrected chi connectivity index (χ1v) is 7.56. The summed E-state index contributed by atoms with van der Waals surface area (Å²) in [5, 5.41) is 0. The van der Waals surface area contributed by atoms with E-state index in [1.54, 1.807) is 40.9 Å². The second-order valence-corrected chi connectivity index (χ2v) is 5.69. The lowest BCUT2D eigenvalue weighted by Gasteiger charge is -2.17. The minimum absolute atomic E-state index is 0.0392. The Labute approximate surface area is 128 Å². The van der Waals surface area contributed by atoms with E-state index in [9.17, 15) is 4.79 Å². The molecule has 21 heavy (non-hydrogen) atoms. The lowest BCUT2D eigenvalue weighted by Crippen LogP contribution is -2.27. The first-order valence-electron chi connectivity index (χ1n) is 6.68. The van der Waals surface area contributed by atoms with Gasteiger partial charge in [-0.05, 0) is 19.1 Å². The fourth-order valence-electron chi connectivity index (χ4n) is 1.83. The van der Waals surface area contributed by atoms with Crippen molar-refractivity contribution in [3.63, 3.8) is 0 Å². The van der Waals surface area contributed by atoms with Crippen LogP contribution < -0.4 is 10.5 Å². The maximum Gasteiger partial charge on any atom is 0.226 e. The predicted molar refractivity (Wildman–Crippen MR) is 84.3 cm³/mol. The number of rotatable bonds is 6. The van der Waals surface area contributed by atoms with Crippen LogP contribution in [0.25, 0.3) is 0 Å². The zero-order valence-electron chi connectivity index (χ0n) is 12.2. The Morgan fingerprint density at radius 3 is 2.86 bits per heavy atom. The molecule has 0 bridgehead atoms. The highest BCUT2D eigenvalue weighted by atomic mass is 32.1. The molecule has 2 N–H and O–H groups in total. The number of benzene rings is 1. The monoisotopic (exact) mass is 305 g/mol. The normalized spacial score (nSPS) is 10.4. The summed E-state index contributed by atoms with van der Waals surface area (Å²) in [7, 11) is 1.79. The number of aryl methyl sites for hydroxylation is 1. The highest BCUT2D eigenvalue weighted by Crippen LogP contribution is 2.20. The van der Waals surface area contributed by atoms with Gasteiger partial charge in [-0.1, -0.05) is 12.1 Å². The lowest BCUT2D eigenvalue weighted by atomic mass is 10.3. The largest absolute Gasteiger partial charge is 0.491 e. The molecule has 0 fully saturated rings. The van der Waals surface area contributed by atoms with Gasteiger partial charge in [-0.2, -0.15) is 0 Å². The molecule has 0 aliphatic heterocycles. The number of para-hydroxylation sites is 2. The average Bonchev–Trinajstić information content (AvgIpc) is 2.86. The van der Waals surface area contributed by atoms with Gasteiger partial charge in [-0.15, -0.1) is 11.3 Å². The predicted octanol–water partition coefficient (Wildman–Crippen LogP) is 2.46. The third-order valence-corrected chi connectivity index (χ3v) is 4.06. The van der Waals surface area contributed by atoms with Gasteiger partial charge >= 0.3 is 0 Å². The summed E-state index contributed by atoms with van der Waals surface area (Å²) < 4.78 is 5.53. The van der Waals surface area contributed by atoms with Crippen molar-refractivity contribution in [2.24, 2.45) is 0 Å². The second-order valence-electron chi connectivity index (χ2n) is 4.75. The maximum absolute atomic E-state index is 12.1. The van der Waals surface area contributed by atoms with Gasteiger partial charge in [0.25, 0.3) is 0 Å². The third-order valence-electron chi connectivity index (χ3n) is 3.14. The van der Waals surface area contributed by atoms with Crippen molar-refractivity contribution in [2.75, 3.05) is 19.4 Å². The summed E-state index contributed by atoms with van der Waals surface area (Å²) in [6, 6.07) is 7.27. The van der Waals surface area contributed by atoms with Crippen LogP contribution >= 0.6 is 11.3 Å². The van der Waals surface area contributed by atoms with Gasteiger partial charge < -0.3 is 15.4 Å². The van der Waals surface area contributed by atoms with Crippen molar-refractivity contribution in [2.45, 2.75) is 19.9 Å². The molecule has 1 aromatic carbocycles. The number of carbonyl (C=O) groups is 1. The number of carbonyl (C=O) groups excluding carboxylic acids is 1. The van der Waals surface area contributed by atoms with Gasteiger partial charge in [-0.25, -0.2) is 4.98 Å². The van der Waals surface area contributed by atoms with Gasteiger partial charge in [0.05, 0.1) is 36.5 Å². The van der Waals surface area contributed by atoms with Crippen LogP contribution in [0.1, 0.15) is 17.0 Å². The molecule has 0 atom stereocenters.